The summed E-state index contributed by atoms with van der Waals surface area (Å²) in [6.45, 7) is 0.721. The van der Waals surface area contributed by atoms with Gasteiger partial charge in [-0.05, 0) is 60.2 Å². The van der Waals surface area contributed by atoms with Crippen molar-refractivity contribution in [1.29, 1.82) is 0 Å². The average molecular weight is 296 g/mol. The van der Waals surface area contributed by atoms with Crippen molar-refractivity contribution in [3.05, 3.63) is 64.7 Å². The van der Waals surface area contributed by atoms with E-state index in [4.69, 9.17) is 10.8 Å². The summed E-state index contributed by atoms with van der Waals surface area (Å²) in [5.74, 6) is -0.892. The van der Waals surface area contributed by atoms with Crippen molar-refractivity contribution in [3.63, 3.8) is 0 Å². The molecule has 0 spiro atoms. The number of anilines is 1. The lowest BCUT2D eigenvalue weighted by atomic mass is 9.87. The Kier molecular flexibility index (Phi) is 4.11. The molecule has 0 amide bonds. The predicted molar refractivity (Wildman–Crippen MR) is 86.8 cm³/mol. The third kappa shape index (κ3) is 3.12. The lowest BCUT2D eigenvalue weighted by Crippen LogP contribution is -2.25. The van der Waals surface area contributed by atoms with Crippen LogP contribution < -0.4 is 11.1 Å². The van der Waals surface area contributed by atoms with Crippen molar-refractivity contribution in [2.75, 3.05) is 5.73 Å². The molecule has 4 heteroatoms. The summed E-state index contributed by atoms with van der Waals surface area (Å²) in [6, 6.07) is 13.5. The second kappa shape index (κ2) is 6.20. The Hall–Kier alpha value is -2.33. The number of nitrogens with two attached hydrogens (primary N) is 1. The first-order valence-electron chi connectivity index (χ1n) is 7.57. The minimum Gasteiger partial charge on any atom is -0.478 e. The molecule has 0 heterocycles. The van der Waals surface area contributed by atoms with E-state index < -0.39 is 5.97 Å². The van der Waals surface area contributed by atoms with Crippen LogP contribution in [-0.4, -0.2) is 11.1 Å². The normalized spacial score (nSPS) is 17.0. The van der Waals surface area contributed by atoms with Gasteiger partial charge in [-0.3, -0.25) is 0 Å². The van der Waals surface area contributed by atoms with Crippen molar-refractivity contribution in [3.8, 4) is 0 Å². The molecule has 4 nitrogen and oxygen atoms in total. The second-order valence-electron chi connectivity index (χ2n) is 5.79. The van der Waals surface area contributed by atoms with E-state index >= 15 is 0 Å². The Bertz CT molecular complexity index is 680. The summed E-state index contributed by atoms with van der Waals surface area (Å²) in [7, 11) is 0. The van der Waals surface area contributed by atoms with Crippen LogP contribution >= 0.6 is 0 Å². The Morgan fingerprint density at radius 1 is 1.23 bits per heavy atom. The number of fused-ring (bicyclic) bond motifs is 1. The molecule has 0 saturated heterocycles. The highest BCUT2D eigenvalue weighted by Crippen LogP contribution is 2.31. The number of aromatic carboxylic acids is 1. The highest BCUT2D eigenvalue weighted by Gasteiger charge is 2.19. The first-order chi connectivity index (χ1) is 10.6. The molecule has 0 fully saturated rings. The molecule has 1 atom stereocenters. The molecule has 0 radical (unpaired) electrons. The van der Waals surface area contributed by atoms with Crippen LogP contribution in [0.25, 0.3) is 0 Å². The molecule has 2 aromatic carbocycles. The number of hydrogen-bond acceptors (Lipinski definition) is 3. The van der Waals surface area contributed by atoms with Crippen molar-refractivity contribution >= 4 is 11.7 Å². The van der Waals surface area contributed by atoms with Crippen LogP contribution in [0.2, 0.25) is 0 Å². The van der Waals surface area contributed by atoms with Crippen LogP contribution in [0.3, 0.4) is 0 Å². The van der Waals surface area contributed by atoms with Gasteiger partial charge in [-0.25, -0.2) is 4.79 Å². The van der Waals surface area contributed by atoms with Crippen LogP contribution in [0.15, 0.2) is 42.5 Å². The van der Waals surface area contributed by atoms with E-state index in [-0.39, 0.29) is 0 Å². The number of nitrogens with one attached hydrogen (secondary N) is 1. The predicted octanol–water partition coefficient (Wildman–Crippen LogP) is 3.13. The Balaban J connectivity index is 1.70. The monoisotopic (exact) mass is 296 g/mol. The van der Waals surface area contributed by atoms with Gasteiger partial charge in [-0.1, -0.05) is 18.2 Å². The number of benzene rings is 2. The number of nitrogen functional groups attached to an aromatic ring is 1. The lowest BCUT2D eigenvalue weighted by molar-refractivity contribution is 0.0697. The molecule has 0 aliphatic heterocycles. The van der Waals surface area contributed by atoms with E-state index in [1.54, 1.807) is 12.1 Å². The SMILES string of the molecule is Nc1ccc2c(c1)C(NCc1ccc(C(=O)O)cc1)CCC2. The van der Waals surface area contributed by atoms with Crippen LogP contribution in [0.1, 0.15) is 45.9 Å². The van der Waals surface area contributed by atoms with Gasteiger partial charge in [-0.2, -0.15) is 0 Å². The first kappa shape index (κ1) is 14.6. The average Bonchev–Trinajstić information content (AvgIpc) is 2.53. The zero-order valence-electron chi connectivity index (χ0n) is 12.4. The summed E-state index contributed by atoms with van der Waals surface area (Å²) < 4.78 is 0. The fourth-order valence-corrected chi connectivity index (χ4v) is 3.04. The maximum Gasteiger partial charge on any atom is 0.335 e. The van der Waals surface area contributed by atoms with Gasteiger partial charge in [0.25, 0.3) is 0 Å². The summed E-state index contributed by atoms with van der Waals surface area (Å²) in [4.78, 5) is 10.9. The van der Waals surface area contributed by atoms with Crippen molar-refractivity contribution in [2.24, 2.45) is 0 Å². The number of aryl methyl sites for hydroxylation is 1. The number of carboxylic acid groups (broad SMARTS) is 1. The smallest absolute Gasteiger partial charge is 0.335 e. The van der Waals surface area contributed by atoms with Crippen molar-refractivity contribution < 1.29 is 9.90 Å². The standard InChI is InChI=1S/C18H20N2O2/c19-15-9-8-13-2-1-3-17(16(13)10-15)20-11-12-4-6-14(7-5-12)18(21)22/h4-10,17,20H,1-3,11,19H2,(H,21,22). The fourth-order valence-electron chi connectivity index (χ4n) is 3.04. The Morgan fingerprint density at radius 3 is 2.73 bits per heavy atom. The van der Waals surface area contributed by atoms with E-state index in [0.29, 0.717) is 11.6 Å². The molecular formula is C18H20N2O2. The third-order valence-corrected chi connectivity index (χ3v) is 4.24. The van der Waals surface area contributed by atoms with Crippen LogP contribution in [-0.2, 0) is 13.0 Å². The lowest BCUT2D eigenvalue weighted by Gasteiger charge is -2.27. The topological polar surface area (TPSA) is 75.3 Å². The molecule has 2 aromatic rings. The zero-order chi connectivity index (χ0) is 15.5. The van der Waals surface area contributed by atoms with Crippen LogP contribution in [0.5, 0.6) is 0 Å². The van der Waals surface area contributed by atoms with Gasteiger partial charge in [0.15, 0.2) is 0 Å². The van der Waals surface area contributed by atoms with Gasteiger partial charge in [-0.15, -0.1) is 0 Å². The van der Waals surface area contributed by atoms with Crippen LogP contribution in [0, 0.1) is 0 Å². The minimum absolute atomic E-state index is 0.311. The van der Waals surface area contributed by atoms with Gasteiger partial charge in [0.2, 0.25) is 0 Å². The van der Waals surface area contributed by atoms with Gasteiger partial charge in [0.05, 0.1) is 5.56 Å². The number of hydrogen-bond donors (Lipinski definition) is 3. The fraction of sp³-hybridized carbons (Fsp3) is 0.278. The molecule has 1 aliphatic carbocycles. The molecule has 1 unspecified atom stereocenters. The van der Waals surface area contributed by atoms with Crippen molar-refractivity contribution in [1.82, 2.24) is 5.32 Å². The van der Waals surface area contributed by atoms with Gasteiger partial charge in [0, 0.05) is 18.3 Å². The van der Waals surface area contributed by atoms with E-state index in [1.165, 1.54) is 17.5 Å². The quantitative estimate of drug-likeness (QED) is 0.758. The number of carbonyl (C=O) groups is 1. The highest BCUT2D eigenvalue weighted by molar-refractivity contribution is 5.87. The molecule has 0 aromatic heterocycles. The Labute approximate surface area is 130 Å². The molecule has 1 aliphatic rings. The largest absolute Gasteiger partial charge is 0.478 e. The van der Waals surface area contributed by atoms with Crippen LogP contribution in [0.4, 0.5) is 5.69 Å². The summed E-state index contributed by atoms with van der Waals surface area (Å²) >= 11 is 0. The summed E-state index contributed by atoms with van der Waals surface area (Å²) in [5, 5.41) is 12.5. The summed E-state index contributed by atoms with van der Waals surface area (Å²) in [6.07, 6.45) is 3.39. The summed E-state index contributed by atoms with van der Waals surface area (Å²) in [5.41, 5.74) is 10.8. The van der Waals surface area contributed by atoms with E-state index in [1.807, 2.05) is 18.2 Å². The van der Waals surface area contributed by atoms with Gasteiger partial charge >= 0.3 is 5.97 Å². The molecule has 4 N–H and O–H groups in total. The molecule has 0 saturated carbocycles. The second-order valence-corrected chi connectivity index (χ2v) is 5.79. The highest BCUT2D eigenvalue weighted by atomic mass is 16.4. The third-order valence-electron chi connectivity index (χ3n) is 4.24. The van der Waals surface area contributed by atoms with Gasteiger partial charge in [0.1, 0.15) is 0 Å². The number of carboxylic acids is 1. The molecular weight excluding hydrogens is 276 g/mol. The maximum absolute atomic E-state index is 10.9. The minimum atomic E-state index is -0.892. The van der Waals surface area contributed by atoms with Crippen molar-refractivity contribution in [2.45, 2.75) is 31.8 Å². The molecule has 3 rings (SSSR count). The Morgan fingerprint density at radius 2 is 2.00 bits per heavy atom. The van der Waals surface area contributed by atoms with Gasteiger partial charge < -0.3 is 16.2 Å². The van der Waals surface area contributed by atoms with E-state index in [2.05, 4.69) is 17.4 Å². The molecule has 22 heavy (non-hydrogen) atoms. The zero-order valence-corrected chi connectivity index (χ0v) is 12.4. The molecule has 114 valence electrons. The first-order valence-corrected chi connectivity index (χ1v) is 7.57. The molecule has 0 bridgehead atoms. The van der Waals surface area contributed by atoms with E-state index in [0.717, 1.165) is 30.6 Å². The van der Waals surface area contributed by atoms with E-state index in [9.17, 15) is 4.79 Å². The number of rotatable bonds is 4. The maximum atomic E-state index is 10.9.